The average molecular weight is 418 g/mol. The van der Waals surface area contributed by atoms with Gasteiger partial charge in [0, 0.05) is 39.3 Å². The highest BCUT2D eigenvalue weighted by Crippen LogP contribution is 1.98. The molecule has 3 rings (SSSR count). The zero-order valence-corrected chi connectivity index (χ0v) is 16.3. The van der Waals surface area contributed by atoms with Gasteiger partial charge in [-0.3, -0.25) is 14.1 Å². The lowest BCUT2D eigenvalue weighted by molar-refractivity contribution is 0.0781. The van der Waals surface area contributed by atoms with Crippen molar-refractivity contribution in [3.8, 4) is 0 Å². The van der Waals surface area contributed by atoms with Gasteiger partial charge in [-0.05, 0) is 0 Å². The van der Waals surface area contributed by atoms with Gasteiger partial charge in [0.1, 0.15) is 0 Å². The minimum absolute atomic E-state index is 0. The Morgan fingerprint density at radius 1 is 0.417 bits per heavy atom. The summed E-state index contributed by atoms with van der Waals surface area (Å²) in [5.41, 5.74) is 0. The maximum Gasteiger partial charge on any atom is 0.0603 e. The van der Waals surface area contributed by atoms with Gasteiger partial charge in [0.2, 0.25) is 0 Å². The smallest absolute Gasteiger partial charge is 0.0603 e. The van der Waals surface area contributed by atoms with E-state index in [4.69, 9.17) is 14.2 Å². The molecular weight excluding hydrogens is 387 g/mol. The molecule has 0 N–H and O–H groups in total. The average Bonchev–Trinajstić information content (AvgIpc) is 2.51. The fourth-order valence-corrected chi connectivity index (χ4v) is 2.15. The van der Waals surface area contributed by atoms with E-state index < -0.39 is 0 Å². The van der Waals surface area contributed by atoms with Crippen molar-refractivity contribution in [1.29, 1.82) is 0 Å². The molecule has 3 saturated heterocycles. The van der Waals surface area contributed by atoms with E-state index in [1.54, 1.807) is 0 Å². The van der Waals surface area contributed by atoms with Crippen LogP contribution < -0.4 is 0 Å². The van der Waals surface area contributed by atoms with Crippen molar-refractivity contribution in [1.82, 2.24) is 12.9 Å². The predicted molar refractivity (Wildman–Crippen MR) is 102 cm³/mol. The summed E-state index contributed by atoms with van der Waals surface area (Å²) >= 11 is 12.3. The van der Waals surface area contributed by atoms with Crippen LogP contribution in [0.25, 0.3) is 0 Å². The van der Waals surface area contributed by atoms with Crippen LogP contribution in [-0.4, -0.2) is 91.8 Å². The molecule has 0 atom stereocenters. The SMILES string of the molecule is F.F.F.SN1CCOCC1.SN1CCOCC1.SN1CCOCC1. The highest BCUT2D eigenvalue weighted by molar-refractivity contribution is 7.78. The lowest BCUT2D eigenvalue weighted by Crippen LogP contribution is -2.28. The normalized spacial score (nSPS) is 22.1. The highest BCUT2D eigenvalue weighted by atomic mass is 32.1. The van der Waals surface area contributed by atoms with Crippen molar-refractivity contribution < 1.29 is 28.3 Å². The third-order valence-electron chi connectivity index (χ3n) is 2.96. The van der Waals surface area contributed by atoms with E-state index in [9.17, 15) is 0 Å². The molecule has 6 nitrogen and oxygen atoms in total. The van der Waals surface area contributed by atoms with Crippen molar-refractivity contribution in [2.24, 2.45) is 0 Å². The molecule has 0 spiro atoms. The first-order valence-corrected chi connectivity index (χ1v) is 8.43. The van der Waals surface area contributed by atoms with Crippen molar-refractivity contribution in [3.63, 3.8) is 0 Å². The Kier molecular flexibility index (Phi) is 24.4. The summed E-state index contributed by atoms with van der Waals surface area (Å²) in [6, 6.07) is 0. The van der Waals surface area contributed by atoms with Crippen LogP contribution >= 0.6 is 38.4 Å². The molecule has 0 aromatic rings. The van der Waals surface area contributed by atoms with Crippen LogP contribution in [-0.2, 0) is 14.2 Å². The van der Waals surface area contributed by atoms with Crippen molar-refractivity contribution in [3.05, 3.63) is 0 Å². The fourth-order valence-electron chi connectivity index (χ4n) is 1.66. The van der Waals surface area contributed by atoms with Crippen LogP contribution in [0, 0.1) is 0 Å². The summed E-state index contributed by atoms with van der Waals surface area (Å²) in [5.74, 6) is 0. The first kappa shape index (κ1) is 29.4. The zero-order valence-electron chi connectivity index (χ0n) is 13.6. The van der Waals surface area contributed by atoms with E-state index in [2.05, 4.69) is 38.4 Å². The van der Waals surface area contributed by atoms with Gasteiger partial charge >= 0.3 is 0 Å². The number of nitrogens with zero attached hydrogens (tertiary/aromatic N) is 3. The van der Waals surface area contributed by atoms with Gasteiger partial charge in [0.05, 0.1) is 39.6 Å². The summed E-state index contributed by atoms with van der Waals surface area (Å²) in [7, 11) is 0. The zero-order chi connectivity index (χ0) is 15.3. The molecule has 0 radical (unpaired) electrons. The van der Waals surface area contributed by atoms with Gasteiger partial charge in [-0.2, -0.15) is 0 Å². The Bertz CT molecular complexity index is 212. The Hall–Kier alpha value is 0.600. The third kappa shape index (κ3) is 17.4. The molecule has 3 heterocycles. The van der Waals surface area contributed by atoms with Gasteiger partial charge < -0.3 is 14.2 Å². The van der Waals surface area contributed by atoms with Gasteiger partial charge in [0.25, 0.3) is 0 Å². The number of ether oxygens (including phenoxy) is 3. The second-order valence-electron chi connectivity index (χ2n) is 4.70. The number of morpholine rings is 3. The molecule has 0 saturated carbocycles. The second-order valence-corrected chi connectivity index (χ2v) is 6.40. The largest absolute Gasteiger partial charge is 0.379 e. The molecule has 3 aliphatic heterocycles. The van der Waals surface area contributed by atoms with E-state index >= 15 is 0 Å². The van der Waals surface area contributed by atoms with Crippen LogP contribution in [0.1, 0.15) is 0 Å². The summed E-state index contributed by atoms with van der Waals surface area (Å²) < 4.78 is 21.0. The standard InChI is InChI=1S/3C4H9NOS.3FH/c3*7-5-1-3-6-4-2-5;;;/h3*7H,1-4H2;3*1H. The molecule has 0 amide bonds. The lowest BCUT2D eigenvalue weighted by atomic mass is 10.5. The maximum atomic E-state index is 5.05. The number of rotatable bonds is 0. The van der Waals surface area contributed by atoms with Crippen molar-refractivity contribution >= 4 is 38.4 Å². The molecular formula is C12H30F3N3O3S3. The maximum absolute atomic E-state index is 5.05. The van der Waals surface area contributed by atoms with E-state index in [-0.39, 0.29) is 14.1 Å². The quantitative estimate of drug-likeness (QED) is 0.510. The van der Waals surface area contributed by atoms with Crippen molar-refractivity contribution in [2.75, 3.05) is 78.9 Å². The van der Waals surface area contributed by atoms with Gasteiger partial charge in [-0.1, -0.05) is 38.4 Å². The lowest BCUT2D eigenvalue weighted by Gasteiger charge is -2.19. The third-order valence-corrected chi connectivity index (χ3v) is 4.16. The number of hydrogen-bond donors (Lipinski definition) is 3. The molecule has 0 unspecified atom stereocenters. The molecule has 24 heavy (non-hydrogen) atoms. The Morgan fingerprint density at radius 3 is 0.667 bits per heavy atom. The molecule has 12 heteroatoms. The van der Waals surface area contributed by atoms with Gasteiger partial charge in [-0.25, -0.2) is 12.9 Å². The van der Waals surface area contributed by atoms with E-state index in [0.29, 0.717) is 0 Å². The minimum Gasteiger partial charge on any atom is -0.379 e. The fraction of sp³-hybridized carbons (Fsp3) is 1.00. The van der Waals surface area contributed by atoms with Crippen LogP contribution in [0.3, 0.4) is 0 Å². The van der Waals surface area contributed by atoms with E-state index in [1.165, 1.54) is 0 Å². The van der Waals surface area contributed by atoms with Crippen LogP contribution in [0.15, 0.2) is 0 Å². The topological polar surface area (TPSA) is 37.4 Å². The molecule has 150 valence electrons. The van der Waals surface area contributed by atoms with Crippen molar-refractivity contribution in [2.45, 2.75) is 0 Å². The van der Waals surface area contributed by atoms with E-state index in [1.807, 2.05) is 12.9 Å². The molecule has 0 aromatic carbocycles. The second kappa shape index (κ2) is 19.9. The number of hydrogen-bond acceptors (Lipinski definition) is 9. The molecule has 0 bridgehead atoms. The first-order chi connectivity index (χ1) is 10.2. The Balaban J connectivity index is -0.000000259. The summed E-state index contributed by atoms with van der Waals surface area (Å²) in [6.07, 6.45) is 0. The monoisotopic (exact) mass is 417 g/mol. The summed E-state index contributed by atoms with van der Waals surface area (Å²) in [5, 5.41) is 0. The Labute approximate surface area is 158 Å². The Morgan fingerprint density at radius 2 is 0.583 bits per heavy atom. The van der Waals surface area contributed by atoms with Crippen LogP contribution in [0.2, 0.25) is 0 Å². The number of thiol groups is 3. The minimum atomic E-state index is 0. The summed E-state index contributed by atoms with van der Waals surface area (Å²) in [6.45, 7) is 10.8. The number of halogens is 3. The predicted octanol–water partition coefficient (Wildman–Crippen LogP) is 0.948. The first-order valence-electron chi connectivity index (χ1n) is 7.23. The molecule has 0 aliphatic carbocycles. The summed E-state index contributed by atoms with van der Waals surface area (Å²) in [4.78, 5) is 0. The molecule has 3 fully saturated rings. The van der Waals surface area contributed by atoms with Gasteiger partial charge in [0.15, 0.2) is 0 Å². The molecule has 3 aliphatic rings. The van der Waals surface area contributed by atoms with Crippen LogP contribution in [0.4, 0.5) is 14.1 Å². The molecule has 0 aromatic heterocycles. The van der Waals surface area contributed by atoms with E-state index in [0.717, 1.165) is 78.9 Å². The van der Waals surface area contributed by atoms with Crippen LogP contribution in [0.5, 0.6) is 0 Å². The highest BCUT2D eigenvalue weighted by Gasteiger charge is 2.04. The van der Waals surface area contributed by atoms with Gasteiger partial charge in [-0.15, -0.1) is 0 Å².